The van der Waals surface area contributed by atoms with Crippen LogP contribution in [0, 0.1) is 0 Å². The molecule has 0 spiro atoms. The SMILES string of the molecule is CC(C)(C)c1cnc(COc2cc(Cl)ccc2C(=O)O)o1. The van der Waals surface area contributed by atoms with Crippen LogP contribution in [-0.2, 0) is 12.0 Å². The summed E-state index contributed by atoms with van der Waals surface area (Å²) in [7, 11) is 0. The second kappa shape index (κ2) is 5.77. The van der Waals surface area contributed by atoms with Crippen LogP contribution in [0.3, 0.4) is 0 Å². The minimum atomic E-state index is -1.08. The van der Waals surface area contributed by atoms with E-state index in [2.05, 4.69) is 4.98 Å². The fourth-order valence-corrected chi connectivity index (χ4v) is 1.82. The topological polar surface area (TPSA) is 72.6 Å². The molecule has 0 amide bonds. The third-order valence-corrected chi connectivity index (χ3v) is 3.05. The minimum absolute atomic E-state index is 0.0384. The molecule has 1 heterocycles. The van der Waals surface area contributed by atoms with Gasteiger partial charge in [-0.2, -0.15) is 0 Å². The van der Waals surface area contributed by atoms with Crippen molar-refractivity contribution in [2.75, 3.05) is 0 Å². The van der Waals surface area contributed by atoms with Crippen molar-refractivity contribution in [1.82, 2.24) is 4.98 Å². The third kappa shape index (κ3) is 3.76. The zero-order chi connectivity index (χ0) is 15.6. The number of halogens is 1. The van der Waals surface area contributed by atoms with Gasteiger partial charge in [0, 0.05) is 10.4 Å². The van der Waals surface area contributed by atoms with Gasteiger partial charge in [-0.1, -0.05) is 32.4 Å². The molecule has 0 unspecified atom stereocenters. The molecule has 0 aliphatic heterocycles. The summed E-state index contributed by atoms with van der Waals surface area (Å²) in [4.78, 5) is 15.2. The first-order valence-corrected chi connectivity index (χ1v) is 6.76. The number of ether oxygens (including phenoxy) is 1. The molecule has 2 aromatic rings. The molecule has 0 saturated carbocycles. The van der Waals surface area contributed by atoms with E-state index in [0.717, 1.165) is 5.76 Å². The van der Waals surface area contributed by atoms with Gasteiger partial charge in [0.2, 0.25) is 5.89 Å². The number of carbonyl (C=O) groups is 1. The van der Waals surface area contributed by atoms with Gasteiger partial charge in [-0.25, -0.2) is 9.78 Å². The highest BCUT2D eigenvalue weighted by Gasteiger charge is 2.19. The Morgan fingerprint density at radius 1 is 1.43 bits per heavy atom. The zero-order valence-electron chi connectivity index (χ0n) is 12.0. The Morgan fingerprint density at radius 2 is 2.14 bits per heavy atom. The fourth-order valence-electron chi connectivity index (χ4n) is 1.66. The normalized spacial score (nSPS) is 11.4. The van der Waals surface area contributed by atoms with Crippen LogP contribution in [0.25, 0.3) is 0 Å². The summed E-state index contributed by atoms with van der Waals surface area (Å²) < 4.78 is 11.1. The number of rotatable bonds is 4. The van der Waals surface area contributed by atoms with E-state index in [1.807, 2.05) is 20.8 Å². The van der Waals surface area contributed by atoms with Crippen molar-refractivity contribution in [2.24, 2.45) is 0 Å². The van der Waals surface area contributed by atoms with Gasteiger partial charge >= 0.3 is 5.97 Å². The van der Waals surface area contributed by atoms with Gasteiger partial charge in [-0.05, 0) is 18.2 Å². The molecule has 0 saturated heterocycles. The van der Waals surface area contributed by atoms with Crippen LogP contribution in [0.1, 0.15) is 42.8 Å². The second-order valence-electron chi connectivity index (χ2n) is 5.60. The lowest BCUT2D eigenvalue weighted by Gasteiger charge is -2.13. The number of hydrogen-bond acceptors (Lipinski definition) is 4. The number of oxazole rings is 1. The molecule has 0 atom stereocenters. The van der Waals surface area contributed by atoms with Crippen LogP contribution in [0.15, 0.2) is 28.8 Å². The first kappa shape index (κ1) is 15.4. The molecule has 0 fully saturated rings. The molecular weight excluding hydrogens is 294 g/mol. The summed E-state index contributed by atoms with van der Waals surface area (Å²) in [5.74, 6) is 0.233. The number of aromatic carboxylic acids is 1. The molecular formula is C15H16ClNO4. The van der Waals surface area contributed by atoms with Gasteiger partial charge in [0.25, 0.3) is 0 Å². The van der Waals surface area contributed by atoms with Crippen molar-refractivity contribution >= 4 is 17.6 Å². The maximum atomic E-state index is 11.1. The molecule has 0 aliphatic carbocycles. The molecule has 21 heavy (non-hydrogen) atoms. The smallest absolute Gasteiger partial charge is 0.339 e. The molecule has 6 heteroatoms. The Morgan fingerprint density at radius 3 is 2.71 bits per heavy atom. The van der Waals surface area contributed by atoms with E-state index in [1.165, 1.54) is 18.2 Å². The highest BCUT2D eigenvalue weighted by Crippen LogP contribution is 2.26. The molecule has 5 nitrogen and oxygen atoms in total. The van der Waals surface area contributed by atoms with E-state index < -0.39 is 5.97 Å². The van der Waals surface area contributed by atoms with Crippen LogP contribution in [0.4, 0.5) is 0 Å². The van der Waals surface area contributed by atoms with Gasteiger partial charge < -0.3 is 14.3 Å². The van der Waals surface area contributed by atoms with Crippen molar-refractivity contribution in [3.63, 3.8) is 0 Å². The lowest BCUT2D eigenvalue weighted by atomic mass is 9.94. The molecule has 2 rings (SSSR count). The molecule has 112 valence electrons. The summed E-state index contributed by atoms with van der Waals surface area (Å²) in [6.45, 7) is 6.07. The number of aromatic nitrogens is 1. The summed E-state index contributed by atoms with van der Waals surface area (Å²) in [5.41, 5.74) is -0.102. The number of carboxylic acids is 1. The van der Waals surface area contributed by atoms with E-state index in [-0.39, 0.29) is 23.3 Å². The minimum Gasteiger partial charge on any atom is -0.483 e. The number of nitrogens with zero attached hydrogens (tertiary/aromatic N) is 1. The highest BCUT2D eigenvalue weighted by atomic mass is 35.5. The summed E-state index contributed by atoms with van der Waals surface area (Å²) >= 11 is 5.86. The van der Waals surface area contributed by atoms with Crippen LogP contribution in [-0.4, -0.2) is 16.1 Å². The highest BCUT2D eigenvalue weighted by molar-refractivity contribution is 6.30. The first-order valence-electron chi connectivity index (χ1n) is 6.38. The average molecular weight is 310 g/mol. The Balaban J connectivity index is 2.15. The molecule has 0 radical (unpaired) electrons. The number of carboxylic acid groups (broad SMARTS) is 1. The van der Waals surface area contributed by atoms with E-state index in [9.17, 15) is 4.79 Å². The van der Waals surface area contributed by atoms with Gasteiger partial charge in [-0.15, -0.1) is 0 Å². The van der Waals surface area contributed by atoms with E-state index in [4.69, 9.17) is 25.9 Å². The Bertz CT molecular complexity index is 658. The van der Waals surface area contributed by atoms with Crippen molar-refractivity contribution < 1.29 is 19.1 Å². The van der Waals surface area contributed by atoms with Gasteiger partial charge in [0.05, 0.1) is 6.20 Å². The van der Waals surface area contributed by atoms with Crippen LogP contribution >= 0.6 is 11.6 Å². The maximum absolute atomic E-state index is 11.1. The van der Waals surface area contributed by atoms with Crippen LogP contribution in [0.5, 0.6) is 5.75 Å². The molecule has 1 aromatic heterocycles. The van der Waals surface area contributed by atoms with Crippen LogP contribution < -0.4 is 4.74 Å². The monoisotopic (exact) mass is 309 g/mol. The lowest BCUT2D eigenvalue weighted by molar-refractivity contribution is 0.0691. The Kier molecular flexibility index (Phi) is 4.23. The van der Waals surface area contributed by atoms with E-state index in [0.29, 0.717) is 10.9 Å². The first-order chi connectivity index (χ1) is 9.77. The quantitative estimate of drug-likeness (QED) is 0.927. The fraction of sp³-hybridized carbons (Fsp3) is 0.333. The van der Waals surface area contributed by atoms with Crippen molar-refractivity contribution in [3.8, 4) is 5.75 Å². The van der Waals surface area contributed by atoms with Gasteiger partial charge in [0.1, 0.15) is 17.1 Å². The molecule has 1 aromatic carbocycles. The number of benzene rings is 1. The summed E-state index contributed by atoms with van der Waals surface area (Å²) in [6, 6.07) is 4.36. The summed E-state index contributed by atoms with van der Waals surface area (Å²) in [6.07, 6.45) is 1.65. The maximum Gasteiger partial charge on any atom is 0.339 e. The number of hydrogen-bond donors (Lipinski definition) is 1. The van der Waals surface area contributed by atoms with Gasteiger partial charge in [0.15, 0.2) is 6.61 Å². The largest absolute Gasteiger partial charge is 0.483 e. The van der Waals surface area contributed by atoms with Crippen LogP contribution in [0.2, 0.25) is 5.02 Å². The van der Waals surface area contributed by atoms with Gasteiger partial charge in [-0.3, -0.25) is 0 Å². The Hall–Kier alpha value is -2.01. The van der Waals surface area contributed by atoms with Crippen molar-refractivity contribution in [3.05, 3.63) is 46.6 Å². The molecule has 1 N–H and O–H groups in total. The average Bonchev–Trinajstić information content (AvgIpc) is 2.84. The van der Waals surface area contributed by atoms with Crippen molar-refractivity contribution in [2.45, 2.75) is 32.8 Å². The molecule has 0 bridgehead atoms. The second-order valence-corrected chi connectivity index (χ2v) is 6.04. The van der Waals surface area contributed by atoms with E-state index >= 15 is 0 Å². The Labute approximate surface area is 127 Å². The van der Waals surface area contributed by atoms with E-state index in [1.54, 1.807) is 6.20 Å². The molecule has 0 aliphatic rings. The lowest BCUT2D eigenvalue weighted by Crippen LogP contribution is -2.09. The predicted octanol–water partition coefficient (Wildman–Crippen LogP) is 3.90. The summed E-state index contributed by atoms with van der Waals surface area (Å²) in [5, 5.41) is 9.50. The predicted molar refractivity (Wildman–Crippen MR) is 77.9 cm³/mol. The zero-order valence-corrected chi connectivity index (χ0v) is 12.8. The standard InChI is InChI=1S/C15H16ClNO4/c1-15(2,3)12-7-17-13(21-12)8-20-11-6-9(16)4-5-10(11)14(18)19/h4-7H,8H2,1-3H3,(H,18,19). The third-order valence-electron chi connectivity index (χ3n) is 2.82. The van der Waals surface area contributed by atoms with Crippen molar-refractivity contribution in [1.29, 1.82) is 0 Å².